The first-order valence-electron chi connectivity index (χ1n) is 3.94. The molecule has 0 heterocycles. The van der Waals surface area contributed by atoms with E-state index in [4.69, 9.17) is 0 Å². The third-order valence-electron chi connectivity index (χ3n) is 1.61. The Morgan fingerprint density at radius 1 is 1.36 bits per heavy atom. The predicted molar refractivity (Wildman–Crippen MR) is 53.8 cm³/mol. The SMILES string of the molecule is CC(C)=CC1=CCCC=C1S. The van der Waals surface area contributed by atoms with Gasteiger partial charge in [0.2, 0.25) is 0 Å². The van der Waals surface area contributed by atoms with Crippen molar-refractivity contribution in [2.75, 3.05) is 0 Å². The first-order valence-corrected chi connectivity index (χ1v) is 4.39. The average Bonchev–Trinajstić information content (AvgIpc) is 1.93. The van der Waals surface area contributed by atoms with Crippen LogP contribution < -0.4 is 0 Å². The van der Waals surface area contributed by atoms with Crippen molar-refractivity contribution >= 4 is 12.6 Å². The standard InChI is InChI=1S/C10H14S/c1-8(2)7-9-5-3-4-6-10(9)11/h5-7,11H,3-4H2,1-2H3. The summed E-state index contributed by atoms with van der Waals surface area (Å²) >= 11 is 4.38. The molecule has 0 unspecified atom stereocenters. The van der Waals surface area contributed by atoms with Crippen molar-refractivity contribution in [2.24, 2.45) is 0 Å². The molecule has 0 saturated heterocycles. The van der Waals surface area contributed by atoms with E-state index in [2.05, 4.69) is 44.7 Å². The maximum absolute atomic E-state index is 4.38. The molecular formula is C10H14S. The molecule has 0 aromatic heterocycles. The van der Waals surface area contributed by atoms with Gasteiger partial charge in [-0.05, 0) is 32.3 Å². The fourth-order valence-electron chi connectivity index (χ4n) is 1.13. The Kier molecular flexibility index (Phi) is 3.01. The summed E-state index contributed by atoms with van der Waals surface area (Å²) in [6, 6.07) is 0. The van der Waals surface area contributed by atoms with E-state index in [9.17, 15) is 0 Å². The molecular weight excluding hydrogens is 152 g/mol. The van der Waals surface area contributed by atoms with Crippen molar-refractivity contribution in [1.29, 1.82) is 0 Å². The summed E-state index contributed by atoms with van der Waals surface area (Å²) in [4.78, 5) is 1.12. The van der Waals surface area contributed by atoms with Gasteiger partial charge in [0.1, 0.15) is 0 Å². The van der Waals surface area contributed by atoms with Crippen LogP contribution in [0.5, 0.6) is 0 Å². The third kappa shape index (κ3) is 2.58. The molecule has 0 amide bonds. The highest BCUT2D eigenvalue weighted by Crippen LogP contribution is 2.23. The van der Waals surface area contributed by atoms with Gasteiger partial charge in [0.05, 0.1) is 0 Å². The van der Waals surface area contributed by atoms with Gasteiger partial charge in [0.25, 0.3) is 0 Å². The van der Waals surface area contributed by atoms with Crippen LogP contribution in [0.1, 0.15) is 26.7 Å². The highest BCUT2D eigenvalue weighted by Gasteiger charge is 2.00. The Labute approximate surface area is 74.1 Å². The Morgan fingerprint density at radius 3 is 2.55 bits per heavy atom. The molecule has 1 aliphatic rings. The highest BCUT2D eigenvalue weighted by atomic mass is 32.1. The van der Waals surface area contributed by atoms with Crippen LogP contribution in [0.25, 0.3) is 0 Å². The van der Waals surface area contributed by atoms with Crippen molar-refractivity contribution in [2.45, 2.75) is 26.7 Å². The van der Waals surface area contributed by atoms with Gasteiger partial charge in [-0.2, -0.15) is 0 Å². The van der Waals surface area contributed by atoms with Crippen LogP contribution in [0.4, 0.5) is 0 Å². The minimum Gasteiger partial charge on any atom is -0.143 e. The lowest BCUT2D eigenvalue weighted by molar-refractivity contribution is 1.02. The molecule has 0 nitrogen and oxygen atoms in total. The van der Waals surface area contributed by atoms with Gasteiger partial charge in [-0.3, -0.25) is 0 Å². The highest BCUT2D eigenvalue weighted by molar-refractivity contribution is 7.84. The molecule has 0 aromatic carbocycles. The molecule has 0 bridgehead atoms. The minimum atomic E-state index is 1.12. The first kappa shape index (κ1) is 8.66. The number of hydrogen-bond acceptors (Lipinski definition) is 1. The zero-order valence-electron chi connectivity index (χ0n) is 7.09. The molecule has 0 saturated carbocycles. The van der Waals surface area contributed by atoms with Crippen LogP contribution in [-0.4, -0.2) is 0 Å². The molecule has 1 aliphatic carbocycles. The number of allylic oxidation sites excluding steroid dienone is 5. The first-order chi connectivity index (χ1) is 5.20. The largest absolute Gasteiger partial charge is 0.143 e. The Balaban J connectivity index is 2.79. The van der Waals surface area contributed by atoms with Crippen molar-refractivity contribution in [3.63, 3.8) is 0 Å². The van der Waals surface area contributed by atoms with Crippen LogP contribution in [0.2, 0.25) is 0 Å². The molecule has 11 heavy (non-hydrogen) atoms. The summed E-state index contributed by atoms with van der Waals surface area (Å²) in [6.07, 6.45) is 8.90. The second-order valence-electron chi connectivity index (χ2n) is 3.05. The monoisotopic (exact) mass is 166 g/mol. The molecule has 60 valence electrons. The van der Waals surface area contributed by atoms with Crippen LogP contribution in [0.15, 0.2) is 34.3 Å². The van der Waals surface area contributed by atoms with E-state index < -0.39 is 0 Å². The van der Waals surface area contributed by atoms with Crippen molar-refractivity contribution in [1.82, 2.24) is 0 Å². The average molecular weight is 166 g/mol. The summed E-state index contributed by atoms with van der Waals surface area (Å²) in [6.45, 7) is 4.22. The van der Waals surface area contributed by atoms with E-state index >= 15 is 0 Å². The van der Waals surface area contributed by atoms with E-state index in [1.807, 2.05) is 0 Å². The lowest BCUT2D eigenvalue weighted by Crippen LogP contribution is -1.86. The van der Waals surface area contributed by atoms with Crippen molar-refractivity contribution in [3.8, 4) is 0 Å². The zero-order chi connectivity index (χ0) is 8.27. The number of hydrogen-bond donors (Lipinski definition) is 1. The molecule has 0 aliphatic heterocycles. The van der Waals surface area contributed by atoms with Crippen LogP contribution in [0, 0.1) is 0 Å². The normalized spacial score (nSPS) is 17.0. The van der Waals surface area contributed by atoms with E-state index in [0.717, 1.165) is 17.7 Å². The van der Waals surface area contributed by atoms with Gasteiger partial charge >= 0.3 is 0 Å². The maximum Gasteiger partial charge on any atom is 0.00694 e. The second-order valence-corrected chi connectivity index (χ2v) is 3.53. The molecule has 0 atom stereocenters. The second kappa shape index (κ2) is 3.82. The van der Waals surface area contributed by atoms with E-state index in [-0.39, 0.29) is 0 Å². The topological polar surface area (TPSA) is 0 Å². The quantitative estimate of drug-likeness (QED) is 0.566. The van der Waals surface area contributed by atoms with E-state index in [1.54, 1.807) is 0 Å². The summed E-state index contributed by atoms with van der Waals surface area (Å²) in [5.74, 6) is 0. The van der Waals surface area contributed by atoms with Gasteiger partial charge in [-0.25, -0.2) is 0 Å². The fraction of sp³-hybridized carbons (Fsp3) is 0.400. The van der Waals surface area contributed by atoms with Gasteiger partial charge in [0.15, 0.2) is 0 Å². The van der Waals surface area contributed by atoms with Crippen LogP contribution in [0.3, 0.4) is 0 Å². The molecule has 0 aromatic rings. The van der Waals surface area contributed by atoms with E-state index in [0.29, 0.717) is 0 Å². The summed E-state index contributed by atoms with van der Waals surface area (Å²) < 4.78 is 0. The van der Waals surface area contributed by atoms with Crippen LogP contribution in [-0.2, 0) is 0 Å². The summed E-state index contributed by atoms with van der Waals surface area (Å²) in [7, 11) is 0. The van der Waals surface area contributed by atoms with Gasteiger partial charge in [-0.1, -0.05) is 23.8 Å². The molecule has 0 radical (unpaired) electrons. The Morgan fingerprint density at radius 2 is 2.00 bits per heavy atom. The summed E-state index contributed by atoms with van der Waals surface area (Å²) in [5, 5.41) is 0. The van der Waals surface area contributed by atoms with Crippen LogP contribution >= 0.6 is 12.6 Å². The molecule has 0 spiro atoms. The van der Waals surface area contributed by atoms with Gasteiger partial charge in [-0.15, -0.1) is 12.6 Å². The Hall–Kier alpha value is -0.430. The number of thiol groups is 1. The van der Waals surface area contributed by atoms with E-state index in [1.165, 1.54) is 11.1 Å². The lowest BCUT2D eigenvalue weighted by Gasteiger charge is -2.07. The molecule has 1 rings (SSSR count). The third-order valence-corrected chi connectivity index (χ3v) is 2.05. The lowest BCUT2D eigenvalue weighted by atomic mass is 10.1. The summed E-state index contributed by atoms with van der Waals surface area (Å²) in [5.41, 5.74) is 2.61. The smallest absolute Gasteiger partial charge is 0.00694 e. The van der Waals surface area contributed by atoms with Gasteiger partial charge < -0.3 is 0 Å². The fourth-order valence-corrected chi connectivity index (χ4v) is 1.41. The Bertz CT molecular complexity index is 227. The predicted octanol–water partition coefficient (Wildman–Crippen LogP) is 3.49. The number of rotatable bonds is 1. The minimum absolute atomic E-state index is 1.12. The van der Waals surface area contributed by atoms with Gasteiger partial charge in [0, 0.05) is 4.91 Å². The van der Waals surface area contributed by atoms with Crippen molar-refractivity contribution in [3.05, 3.63) is 34.3 Å². The van der Waals surface area contributed by atoms with Crippen molar-refractivity contribution < 1.29 is 0 Å². The zero-order valence-corrected chi connectivity index (χ0v) is 7.99. The maximum atomic E-state index is 4.38. The molecule has 0 fully saturated rings. The molecule has 0 N–H and O–H groups in total. The molecule has 1 heteroatoms.